The molecule has 0 saturated carbocycles. The average Bonchev–Trinajstić information content (AvgIpc) is 3.20. The van der Waals surface area contributed by atoms with E-state index in [1.165, 1.54) is 9.36 Å². The number of hydrogen-bond acceptors (Lipinski definition) is 5. The van der Waals surface area contributed by atoms with Crippen molar-refractivity contribution in [2.24, 2.45) is 7.05 Å². The lowest BCUT2D eigenvalue weighted by atomic mass is 10.0. The number of aromatic nitrogens is 4. The molecule has 0 spiro atoms. The first-order valence-electron chi connectivity index (χ1n) is 10.9. The Bertz CT molecular complexity index is 1530. The van der Waals surface area contributed by atoms with Crippen molar-refractivity contribution >= 4 is 10.8 Å². The zero-order valence-electron chi connectivity index (χ0n) is 19.2. The normalized spacial score (nSPS) is 11.0. The van der Waals surface area contributed by atoms with Crippen LogP contribution in [0.15, 0.2) is 83.7 Å². The van der Waals surface area contributed by atoms with Crippen LogP contribution in [-0.4, -0.2) is 26.9 Å². The van der Waals surface area contributed by atoms with E-state index >= 15 is 0 Å². The molecule has 7 nitrogen and oxygen atoms in total. The zero-order valence-corrected chi connectivity index (χ0v) is 19.2. The van der Waals surface area contributed by atoms with Crippen LogP contribution in [-0.2, 0) is 13.7 Å². The van der Waals surface area contributed by atoms with Crippen LogP contribution in [0.2, 0.25) is 0 Å². The van der Waals surface area contributed by atoms with Crippen LogP contribution in [0.4, 0.5) is 0 Å². The Morgan fingerprint density at radius 1 is 0.824 bits per heavy atom. The topological polar surface area (TPSA) is 71.2 Å². The predicted molar refractivity (Wildman–Crippen MR) is 132 cm³/mol. The molecule has 0 unspecified atom stereocenters. The first-order chi connectivity index (χ1) is 16.5. The molecule has 1 aromatic heterocycles. The SMILES string of the molecule is COc1ccc(-c2ccc3ccc(OCc4c(C)cccc4-n4nnn(C)c4=O)cc3c2)cc1. The number of nitrogens with zero attached hydrogens (tertiary/aromatic N) is 4. The summed E-state index contributed by atoms with van der Waals surface area (Å²) in [5, 5.41) is 10.0. The van der Waals surface area contributed by atoms with E-state index in [1.807, 2.05) is 55.5 Å². The summed E-state index contributed by atoms with van der Waals surface area (Å²) in [7, 11) is 3.24. The maximum absolute atomic E-state index is 12.4. The molecule has 0 bridgehead atoms. The Labute approximate surface area is 196 Å². The first-order valence-corrected chi connectivity index (χ1v) is 10.9. The van der Waals surface area contributed by atoms with E-state index in [0.29, 0.717) is 12.3 Å². The van der Waals surface area contributed by atoms with Crippen molar-refractivity contribution in [2.75, 3.05) is 7.11 Å². The van der Waals surface area contributed by atoms with Gasteiger partial charge in [0.1, 0.15) is 18.1 Å². The van der Waals surface area contributed by atoms with E-state index in [2.05, 4.69) is 40.8 Å². The summed E-state index contributed by atoms with van der Waals surface area (Å²) in [4.78, 5) is 12.4. The molecule has 0 atom stereocenters. The number of ether oxygens (including phenoxy) is 2. The zero-order chi connectivity index (χ0) is 23.7. The molecular weight excluding hydrogens is 428 g/mol. The average molecular weight is 453 g/mol. The third-order valence-corrected chi connectivity index (χ3v) is 5.95. The molecule has 34 heavy (non-hydrogen) atoms. The monoisotopic (exact) mass is 452 g/mol. The molecule has 1 heterocycles. The molecule has 0 N–H and O–H groups in total. The first kappa shape index (κ1) is 21.5. The summed E-state index contributed by atoms with van der Waals surface area (Å²) >= 11 is 0. The van der Waals surface area contributed by atoms with Crippen molar-refractivity contribution < 1.29 is 9.47 Å². The third-order valence-electron chi connectivity index (χ3n) is 5.95. The minimum absolute atomic E-state index is 0.300. The minimum Gasteiger partial charge on any atom is -0.497 e. The Morgan fingerprint density at radius 2 is 1.56 bits per heavy atom. The summed E-state index contributed by atoms with van der Waals surface area (Å²) in [6.45, 7) is 2.29. The van der Waals surface area contributed by atoms with Crippen LogP contribution in [0.5, 0.6) is 11.5 Å². The lowest BCUT2D eigenvalue weighted by Gasteiger charge is -2.13. The third kappa shape index (κ3) is 4.03. The number of aryl methyl sites for hydroxylation is 2. The van der Waals surface area contributed by atoms with Crippen molar-refractivity contribution in [1.82, 2.24) is 19.8 Å². The van der Waals surface area contributed by atoms with Gasteiger partial charge in [0, 0.05) is 12.6 Å². The maximum atomic E-state index is 12.4. The highest BCUT2D eigenvalue weighted by Gasteiger charge is 2.14. The fourth-order valence-corrected chi connectivity index (χ4v) is 3.97. The van der Waals surface area contributed by atoms with E-state index in [1.54, 1.807) is 14.2 Å². The van der Waals surface area contributed by atoms with Gasteiger partial charge in [-0.2, -0.15) is 9.36 Å². The molecule has 0 amide bonds. The summed E-state index contributed by atoms with van der Waals surface area (Å²) in [5.74, 6) is 1.58. The highest BCUT2D eigenvalue weighted by atomic mass is 16.5. The van der Waals surface area contributed by atoms with Crippen LogP contribution in [0.25, 0.3) is 27.6 Å². The van der Waals surface area contributed by atoms with Crippen LogP contribution in [0.3, 0.4) is 0 Å². The number of fused-ring (bicyclic) bond motifs is 1. The lowest BCUT2D eigenvalue weighted by Crippen LogP contribution is -2.23. The smallest absolute Gasteiger partial charge is 0.368 e. The standard InChI is InChI=1S/C27H24N4O3/c1-18-5-4-6-26(31-27(32)30(2)28-29-31)25(18)17-34-24-14-11-20-7-8-21(15-22(20)16-24)19-9-12-23(33-3)13-10-19/h4-16H,17H2,1-3H3. The van der Waals surface area contributed by atoms with Gasteiger partial charge in [-0.1, -0.05) is 42.5 Å². The fraction of sp³-hybridized carbons (Fsp3) is 0.148. The largest absolute Gasteiger partial charge is 0.497 e. The molecular formula is C27H24N4O3. The lowest BCUT2D eigenvalue weighted by molar-refractivity contribution is 0.305. The van der Waals surface area contributed by atoms with Gasteiger partial charge < -0.3 is 9.47 Å². The quantitative estimate of drug-likeness (QED) is 0.374. The molecule has 4 aromatic carbocycles. The molecule has 0 saturated heterocycles. The van der Waals surface area contributed by atoms with Crippen molar-refractivity contribution in [3.63, 3.8) is 0 Å². The van der Waals surface area contributed by atoms with Crippen molar-refractivity contribution in [3.05, 3.63) is 100 Å². The fourth-order valence-electron chi connectivity index (χ4n) is 3.97. The van der Waals surface area contributed by atoms with E-state index in [0.717, 1.165) is 44.5 Å². The highest BCUT2D eigenvalue weighted by molar-refractivity contribution is 5.88. The van der Waals surface area contributed by atoms with Gasteiger partial charge in [-0.05, 0) is 81.2 Å². The van der Waals surface area contributed by atoms with E-state index in [-0.39, 0.29) is 5.69 Å². The Hall–Kier alpha value is -4.39. The summed E-state index contributed by atoms with van der Waals surface area (Å²) < 4.78 is 13.9. The van der Waals surface area contributed by atoms with Crippen LogP contribution in [0.1, 0.15) is 11.1 Å². The minimum atomic E-state index is -0.302. The molecule has 0 aliphatic carbocycles. The Balaban J connectivity index is 1.44. The van der Waals surface area contributed by atoms with Crippen molar-refractivity contribution in [3.8, 4) is 28.3 Å². The van der Waals surface area contributed by atoms with E-state index < -0.39 is 0 Å². The molecule has 170 valence electrons. The predicted octanol–water partition coefficient (Wildman–Crippen LogP) is 4.68. The summed E-state index contributed by atoms with van der Waals surface area (Å²) in [6, 6.07) is 26.2. The number of methoxy groups -OCH3 is 1. The molecule has 7 heteroatoms. The van der Waals surface area contributed by atoms with Crippen LogP contribution in [0, 0.1) is 6.92 Å². The van der Waals surface area contributed by atoms with E-state index in [4.69, 9.17) is 9.47 Å². The van der Waals surface area contributed by atoms with Crippen molar-refractivity contribution in [2.45, 2.75) is 13.5 Å². The second-order valence-electron chi connectivity index (χ2n) is 8.11. The van der Waals surface area contributed by atoms with Crippen LogP contribution >= 0.6 is 0 Å². The number of tetrazole rings is 1. The molecule has 0 fully saturated rings. The van der Waals surface area contributed by atoms with Gasteiger partial charge in [0.05, 0.1) is 12.8 Å². The summed E-state index contributed by atoms with van der Waals surface area (Å²) in [6.07, 6.45) is 0. The summed E-state index contributed by atoms with van der Waals surface area (Å²) in [5.41, 5.74) is 4.50. The number of benzene rings is 4. The number of hydrogen-bond donors (Lipinski definition) is 0. The van der Waals surface area contributed by atoms with Gasteiger partial charge in [0.15, 0.2) is 0 Å². The van der Waals surface area contributed by atoms with Gasteiger partial charge >= 0.3 is 5.69 Å². The highest BCUT2D eigenvalue weighted by Crippen LogP contribution is 2.29. The molecule has 0 aliphatic rings. The second kappa shape index (κ2) is 8.86. The van der Waals surface area contributed by atoms with Gasteiger partial charge in [-0.3, -0.25) is 0 Å². The van der Waals surface area contributed by atoms with Crippen LogP contribution < -0.4 is 15.2 Å². The maximum Gasteiger partial charge on any atom is 0.368 e. The van der Waals surface area contributed by atoms with Gasteiger partial charge in [-0.25, -0.2) is 4.79 Å². The number of rotatable bonds is 6. The Morgan fingerprint density at radius 3 is 2.29 bits per heavy atom. The van der Waals surface area contributed by atoms with E-state index in [9.17, 15) is 4.79 Å². The van der Waals surface area contributed by atoms with Crippen molar-refractivity contribution in [1.29, 1.82) is 0 Å². The van der Waals surface area contributed by atoms with Gasteiger partial charge in [0.2, 0.25) is 0 Å². The van der Waals surface area contributed by atoms with Gasteiger partial charge in [0.25, 0.3) is 0 Å². The van der Waals surface area contributed by atoms with Gasteiger partial charge in [-0.15, -0.1) is 0 Å². The molecule has 5 rings (SSSR count). The molecule has 5 aromatic rings. The molecule has 0 aliphatic heterocycles. The molecule has 0 radical (unpaired) electrons. The Kier molecular flexibility index (Phi) is 5.59. The second-order valence-corrected chi connectivity index (χ2v) is 8.11.